The van der Waals surface area contributed by atoms with Gasteiger partial charge in [-0.3, -0.25) is 9.59 Å². The number of carbonyl (C=O) groups excluding carboxylic acids is 2. The average molecular weight is 345 g/mol. The molecular weight excluding hydrogens is 323 g/mol. The Bertz CT molecular complexity index is 535. The number of primary amides is 1. The summed E-state index contributed by atoms with van der Waals surface area (Å²) < 4.78 is 0. The molecule has 0 radical (unpaired) electrons. The SMILES string of the molecule is CCC(C)C(NC(=O)CCCc1ccc(Cl)c(Cl)c1)C(N)=O. The van der Waals surface area contributed by atoms with Crippen molar-refractivity contribution in [3.05, 3.63) is 33.8 Å². The van der Waals surface area contributed by atoms with Gasteiger partial charge < -0.3 is 11.1 Å². The molecule has 0 saturated heterocycles. The van der Waals surface area contributed by atoms with Crippen molar-refractivity contribution in [2.75, 3.05) is 0 Å². The van der Waals surface area contributed by atoms with Gasteiger partial charge in [0.15, 0.2) is 0 Å². The first kappa shape index (κ1) is 18.8. The second kappa shape index (κ2) is 9.01. The van der Waals surface area contributed by atoms with Gasteiger partial charge in [-0.05, 0) is 36.5 Å². The molecule has 4 nitrogen and oxygen atoms in total. The summed E-state index contributed by atoms with van der Waals surface area (Å²) in [5.41, 5.74) is 6.35. The van der Waals surface area contributed by atoms with Gasteiger partial charge in [-0.25, -0.2) is 0 Å². The molecule has 1 rings (SSSR count). The summed E-state index contributed by atoms with van der Waals surface area (Å²) in [6, 6.07) is 4.82. The summed E-state index contributed by atoms with van der Waals surface area (Å²) in [4.78, 5) is 23.3. The van der Waals surface area contributed by atoms with E-state index in [0.29, 0.717) is 22.9 Å². The van der Waals surface area contributed by atoms with Crippen molar-refractivity contribution in [2.45, 2.75) is 45.6 Å². The van der Waals surface area contributed by atoms with E-state index in [-0.39, 0.29) is 11.8 Å². The van der Waals surface area contributed by atoms with Gasteiger partial charge in [0.2, 0.25) is 11.8 Å². The van der Waals surface area contributed by atoms with Gasteiger partial charge in [0.05, 0.1) is 10.0 Å². The number of hydrogen-bond donors (Lipinski definition) is 2. The minimum absolute atomic E-state index is 0.0246. The van der Waals surface area contributed by atoms with Crippen LogP contribution in [0.5, 0.6) is 0 Å². The fourth-order valence-corrected chi connectivity index (χ4v) is 2.44. The van der Waals surface area contributed by atoms with Crippen LogP contribution >= 0.6 is 23.2 Å². The Balaban J connectivity index is 2.45. The van der Waals surface area contributed by atoms with E-state index >= 15 is 0 Å². The fraction of sp³-hybridized carbons (Fsp3) is 0.500. The Labute approximate surface area is 141 Å². The first-order chi connectivity index (χ1) is 10.3. The molecule has 0 spiro atoms. The second-order valence-electron chi connectivity index (χ2n) is 5.44. The Morgan fingerprint density at radius 3 is 2.50 bits per heavy atom. The lowest BCUT2D eigenvalue weighted by Gasteiger charge is -2.21. The number of hydrogen-bond acceptors (Lipinski definition) is 2. The van der Waals surface area contributed by atoms with Gasteiger partial charge in [0, 0.05) is 6.42 Å². The Hall–Kier alpha value is -1.26. The van der Waals surface area contributed by atoms with Crippen LogP contribution in [0.3, 0.4) is 0 Å². The number of nitrogens with two attached hydrogens (primary N) is 1. The zero-order valence-corrected chi connectivity index (χ0v) is 14.4. The van der Waals surface area contributed by atoms with E-state index in [4.69, 9.17) is 28.9 Å². The summed E-state index contributed by atoms with van der Waals surface area (Å²) in [5, 5.41) is 3.74. The maximum atomic E-state index is 11.9. The normalized spacial score (nSPS) is 13.5. The number of amides is 2. The molecule has 1 aromatic carbocycles. The molecule has 22 heavy (non-hydrogen) atoms. The number of nitrogens with one attached hydrogen (secondary N) is 1. The summed E-state index contributed by atoms with van der Waals surface area (Å²) in [6.45, 7) is 3.85. The largest absolute Gasteiger partial charge is 0.368 e. The lowest BCUT2D eigenvalue weighted by Crippen LogP contribution is -2.48. The van der Waals surface area contributed by atoms with E-state index in [1.807, 2.05) is 19.9 Å². The third-order valence-corrected chi connectivity index (χ3v) is 4.43. The lowest BCUT2D eigenvalue weighted by atomic mass is 9.98. The third kappa shape index (κ3) is 5.85. The van der Waals surface area contributed by atoms with Gasteiger partial charge >= 0.3 is 0 Å². The average Bonchev–Trinajstić information content (AvgIpc) is 2.47. The Morgan fingerprint density at radius 2 is 1.95 bits per heavy atom. The molecule has 0 saturated carbocycles. The number of benzene rings is 1. The third-order valence-electron chi connectivity index (χ3n) is 3.69. The molecule has 0 aliphatic rings. The quantitative estimate of drug-likeness (QED) is 0.759. The molecule has 2 atom stereocenters. The Morgan fingerprint density at radius 1 is 1.27 bits per heavy atom. The van der Waals surface area contributed by atoms with Crippen molar-refractivity contribution in [1.29, 1.82) is 0 Å². The number of halogens is 2. The van der Waals surface area contributed by atoms with Crippen molar-refractivity contribution in [1.82, 2.24) is 5.32 Å². The number of carbonyl (C=O) groups is 2. The van der Waals surface area contributed by atoms with Crippen LogP contribution in [0.25, 0.3) is 0 Å². The molecule has 2 amide bonds. The van der Waals surface area contributed by atoms with E-state index in [0.717, 1.165) is 18.4 Å². The molecule has 2 unspecified atom stereocenters. The molecule has 0 aliphatic heterocycles. The molecule has 6 heteroatoms. The van der Waals surface area contributed by atoms with E-state index in [9.17, 15) is 9.59 Å². The van der Waals surface area contributed by atoms with Crippen LogP contribution in [0.15, 0.2) is 18.2 Å². The maximum Gasteiger partial charge on any atom is 0.240 e. The van der Waals surface area contributed by atoms with Crippen molar-refractivity contribution in [2.24, 2.45) is 11.7 Å². The molecule has 0 aliphatic carbocycles. The van der Waals surface area contributed by atoms with Crippen LogP contribution in [-0.2, 0) is 16.0 Å². The molecule has 1 aromatic rings. The number of rotatable bonds is 8. The summed E-state index contributed by atoms with van der Waals surface area (Å²) in [6.07, 6.45) is 2.49. The highest BCUT2D eigenvalue weighted by atomic mass is 35.5. The Kier molecular flexibility index (Phi) is 7.69. The van der Waals surface area contributed by atoms with Gasteiger partial charge in [-0.2, -0.15) is 0 Å². The molecule has 0 fully saturated rings. The molecule has 3 N–H and O–H groups in total. The van der Waals surface area contributed by atoms with Crippen LogP contribution in [-0.4, -0.2) is 17.9 Å². The van der Waals surface area contributed by atoms with E-state index in [2.05, 4.69) is 5.32 Å². The predicted molar refractivity (Wildman–Crippen MR) is 90.0 cm³/mol. The molecule has 0 bridgehead atoms. The highest BCUT2D eigenvalue weighted by Crippen LogP contribution is 2.23. The van der Waals surface area contributed by atoms with Crippen molar-refractivity contribution < 1.29 is 9.59 Å². The zero-order valence-electron chi connectivity index (χ0n) is 12.9. The van der Waals surface area contributed by atoms with Crippen molar-refractivity contribution in [3.8, 4) is 0 Å². The summed E-state index contributed by atoms with van der Waals surface area (Å²) >= 11 is 11.8. The van der Waals surface area contributed by atoms with Crippen LogP contribution < -0.4 is 11.1 Å². The fourth-order valence-electron chi connectivity index (χ4n) is 2.12. The zero-order chi connectivity index (χ0) is 16.7. The van der Waals surface area contributed by atoms with Crippen molar-refractivity contribution in [3.63, 3.8) is 0 Å². The summed E-state index contributed by atoms with van der Waals surface area (Å²) in [7, 11) is 0. The second-order valence-corrected chi connectivity index (χ2v) is 6.25. The molecule has 0 aromatic heterocycles. The standard InChI is InChI=1S/C16H22Cl2N2O2/c1-3-10(2)15(16(19)22)20-14(21)6-4-5-11-7-8-12(17)13(18)9-11/h7-10,15H,3-6H2,1-2H3,(H2,19,22)(H,20,21). The van der Waals surface area contributed by atoms with E-state index in [1.54, 1.807) is 12.1 Å². The van der Waals surface area contributed by atoms with Gasteiger partial charge in [0.25, 0.3) is 0 Å². The van der Waals surface area contributed by atoms with Crippen LogP contribution in [0, 0.1) is 5.92 Å². The molecular formula is C16H22Cl2N2O2. The van der Waals surface area contributed by atoms with Gasteiger partial charge in [0.1, 0.15) is 6.04 Å². The smallest absolute Gasteiger partial charge is 0.240 e. The summed E-state index contributed by atoms with van der Waals surface area (Å²) in [5.74, 6) is -0.632. The van der Waals surface area contributed by atoms with E-state index in [1.165, 1.54) is 0 Å². The first-order valence-corrected chi connectivity index (χ1v) is 8.13. The highest BCUT2D eigenvalue weighted by Gasteiger charge is 2.23. The number of aryl methyl sites for hydroxylation is 1. The molecule has 0 heterocycles. The first-order valence-electron chi connectivity index (χ1n) is 7.37. The highest BCUT2D eigenvalue weighted by molar-refractivity contribution is 6.42. The van der Waals surface area contributed by atoms with Crippen LogP contribution in [0.2, 0.25) is 10.0 Å². The maximum absolute atomic E-state index is 11.9. The van der Waals surface area contributed by atoms with Gasteiger partial charge in [-0.1, -0.05) is 49.5 Å². The monoisotopic (exact) mass is 344 g/mol. The van der Waals surface area contributed by atoms with Crippen molar-refractivity contribution >= 4 is 35.0 Å². The minimum atomic E-state index is -0.609. The molecule has 122 valence electrons. The topological polar surface area (TPSA) is 72.2 Å². The van der Waals surface area contributed by atoms with Gasteiger partial charge in [-0.15, -0.1) is 0 Å². The van der Waals surface area contributed by atoms with Crippen LogP contribution in [0.4, 0.5) is 0 Å². The predicted octanol–water partition coefficient (Wildman–Crippen LogP) is 3.33. The van der Waals surface area contributed by atoms with Crippen LogP contribution in [0.1, 0.15) is 38.7 Å². The minimum Gasteiger partial charge on any atom is -0.368 e. The lowest BCUT2D eigenvalue weighted by molar-refractivity contribution is -0.128. The van der Waals surface area contributed by atoms with E-state index < -0.39 is 11.9 Å².